The van der Waals surface area contributed by atoms with Crippen LogP contribution in [-0.4, -0.2) is 17.3 Å². The smallest absolute Gasteiger partial charge is 0.126 e. The first kappa shape index (κ1) is 14.2. The predicted molar refractivity (Wildman–Crippen MR) is 46.0 cm³/mol. The highest BCUT2D eigenvalue weighted by Crippen LogP contribution is 2.12. The first-order valence-electron chi connectivity index (χ1n) is 4.30. The van der Waals surface area contributed by atoms with Crippen molar-refractivity contribution in [2.75, 3.05) is 17.3 Å². The summed E-state index contributed by atoms with van der Waals surface area (Å²) in [7, 11) is -4.16. The number of allylic oxidation sites excluding steroid dienone is 1. The van der Waals surface area contributed by atoms with E-state index in [1.807, 2.05) is 0 Å². The predicted octanol–water partition coefficient (Wildman–Crippen LogP) is -2.78. The summed E-state index contributed by atoms with van der Waals surface area (Å²) < 4.78 is 34.0. The van der Waals surface area contributed by atoms with Crippen molar-refractivity contribution in [2.45, 2.75) is 19.8 Å². The number of rotatable bonds is 2. The van der Waals surface area contributed by atoms with Gasteiger partial charge in [-0.15, -0.1) is 10.2 Å². The summed E-state index contributed by atoms with van der Waals surface area (Å²) in [5.74, 6) is 4.37. The Balaban J connectivity index is 0.000000292. The van der Waals surface area contributed by atoms with E-state index in [1.165, 1.54) is 30.1 Å². The van der Waals surface area contributed by atoms with Gasteiger partial charge >= 0.3 is 0 Å². The molecule has 0 bridgehead atoms. The van der Waals surface area contributed by atoms with E-state index in [0.29, 0.717) is 0 Å². The maximum absolute atomic E-state index is 8.49. The molecule has 1 heterocycles. The third-order valence-corrected chi connectivity index (χ3v) is 4.08. The third-order valence-electron chi connectivity index (χ3n) is 1.68. The fourth-order valence-corrected chi connectivity index (χ4v) is 3.34. The van der Waals surface area contributed by atoms with Crippen molar-refractivity contribution in [3.8, 4) is 0 Å². The van der Waals surface area contributed by atoms with Crippen molar-refractivity contribution in [2.24, 2.45) is 0 Å². The van der Waals surface area contributed by atoms with Gasteiger partial charge in [0.15, 0.2) is 0 Å². The van der Waals surface area contributed by atoms with E-state index in [1.54, 1.807) is 0 Å². The minimum absolute atomic E-state index is 0.786. The highest BCUT2D eigenvalue weighted by molar-refractivity contribution is 7.97. The van der Waals surface area contributed by atoms with Gasteiger partial charge in [-0.05, 0) is 36.7 Å². The van der Waals surface area contributed by atoms with E-state index in [4.69, 9.17) is 18.6 Å². The van der Waals surface area contributed by atoms with Crippen LogP contribution in [0.3, 0.4) is 0 Å². The molecule has 0 radical (unpaired) electrons. The quantitative estimate of drug-likeness (QED) is 0.387. The molecule has 84 valence electrons. The Hall–Kier alpha value is 0.220. The average molecular weight is 243 g/mol. The lowest BCUT2D eigenvalue weighted by atomic mass is 10.4. The van der Waals surface area contributed by atoms with E-state index >= 15 is 0 Å². The molecular weight excluding hydrogens is 228 g/mol. The molecule has 0 aromatic rings. The minimum Gasteiger partial charge on any atom is -0.222 e. The van der Waals surface area contributed by atoms with E-state index in [2.05, 4.69) is 19.1 Å². The van der Waals surface area contributed by atoms with Gasteiger partial charge in [0, 0.05) is 0 Å². The molecule has 1 rings (SSSR count). The van der Waals surface area contributed by atoms with Crippen LogP contribution in [0.15, 0.2) is 12.2 Å². The normalized spacial score (nSPS) is 18.4. The monoisotopic (exact) mass is 242 g/mol. The van der Waals surface area contributed by atoms with E-state index in [9.17, 15) is 0 Å². The Labute approximate surface area is 89.3 Å². The number of hydrogen-bond donors (Lipinski definition) is 0. The van der Waals surface area contributed by atoms with E-state index in [-0.39, 0.29) is 0 Å². The molecule has 14 heavy (non-hydrogen) atoms. The summed E-state index contributed by atoms with van der Waals surface area (Å²) in [5, 5.41) is 0. The maximum Gasteiger partial charge on any atom is 0.126 e. The summed E-state index contributed by atoms with van der Waals surface area (Å²) in [6, 6.07) is 0. The van der Waals surface area contributed by atoms with Gasteiger partial charge in [0.05, 0.1) is 0 Å². The fourth-order valence-electron chi connectivity index (χ4n) is 1.11. The van der Waals surface area contributed by atoms with E-state index < -0.39 is 10.2 Å². The second-order valence-electron chi connectivity index (χ2n) is 2.84. The topological polar surface area (TPSA) is 92.2 Å². The van der Waals surface area contributed by atoms with Gasteiger partial charge in [-0.3, -0.25) is 0 Å². The van der Waals surface area contributed by atoms with Crippen molar-refractivity contribution in [1.29, 1.82) is 0 Å². The Morgan fingerprint density at radius 3 is 1.93 bits per heavy atom. The van der Waals surface area contributed by atoms with Gasteiger partial charge in [0.25, 0.3) is 0 Å². The molecule has 4 nitrogen and oxygen atoms in total. The molecule has 1 aliphatic heterocycles. The molecule has 0 aromatic carbocycles. The summed E-state index contributed by atoms with van der Waals surface area (Å²) in [4.78, 5) is 0. The molecule has 1 aliphatic rings. The van der Waals surface area contributed by atoms with Crippen LogP contribution in [0.25, 0.3) is 0 Å². The van der Waals surface area contributed by atoms with Crippen LogP contribution in [0.4, 0.5) is 0 Å². The van der Waals surface area contributed by atoms with Gasteiger partial charge in [-0.1, -0.05) is 6.08 Å². The fraction of sp³-hybridized carbons (Fsp3) is 0.750. The Bertz CT molecular complexity index is 157. The molecule has 0 spiro atoms. The van der Waals surface area contributed by atoms with Gasteiger partial charge in [-0.25, -0.2) is 18.6 Å². The average Bonchev–Trinajstić information content (AvgIpc) is 2.49. The third kappa shape index (κ3) is 12.2. The first-order valence-corrected chi connectivity index (χ1v) is 7.27. The SMILES string of the molecule is CC=CC[S+]1CCCC1.[O-][Cl+3]([O-])([O-])[O-]. The Morgan fingerprint density at radius 1 is 1.14 bits per heavy atom. The molecular formula is C8H15ClO4S. The van der Waals surface area contributed by atoms with Gasteiger partial charge < -0.3 is 0 Å². The van der Waals surface area contributed by atoms with Crippen LogP contribution in [0.1, 0.15) is 19.8 Å². The van der Waals surface area contributed by atoms with Crippen LogP contribution in [0.5, 0.6) is 0 Å². The lowest BCUT2D eigenvalue weighted by molar-refractivity contribution is -2.00. The van der Waals surface area contributed by atoms with Crippen molar-refractivity contribution in [1.82, 2.24) is 0 Å². The van der Waals surface area contributed by atoms with Crippen molar-refractivity contribution >= 4 is 10.9 Å². The molecule has 6 heteroatoms. The second-order valence-corrected chi connectivity index (χ2v) is 5.97. The van der Waals surface area contributed by atoms with Crippen LogP contribution in [0, 0.1) is 10.2 Å². The highest BCUT2D eigenvalue weighted by atomic mass is 35.7. The molecule has 0 N–H and O–H groups in total. The van der Waals surface area contributed by atoms with Gasteiger partial charge in [-0.2, -0.15) is 0 Å². The van der Waals surface area contributed by atoms with E-state index in [0.717, 1.165) is 10.9 Å². The lowest BCUT2D eigenvalue weighted by Gasteiger charge is -2.17. The van der Waals surface area contributed by atoms with Crippen LogP contribution in [-0.2, 0) is 10.9 Å². The molecule has 0 amide bonds. The molecule has 0 unspecified atom stereocenters. The Morgan fingerprint density at radius 2 is 1.57 bits per heavy atom. The van der Waals surface area contributed by atoms with Crippen molar-refractivity contribution in [3.05, 3.63) is 12.2 Å². The molecule has 1 saturated heterocycles. The van der Waals surface area contributed by atoms with Gasteiger partial charge in [0.1, 0.15) is 17.3 Å². The zero-order chi connectivity index (χ0) is 11.0. The van der Waals surface area contributed by atoms with Gasteiger partial charge in [0.2, 0.25) is 0 Å². The molecule has 0 aliphatic carbocycles. The standard InChI is InChI=1S/C8H15S.ClHO4/c1-2-3-6-9-7-4-5-8-9;2-1(3,4)5/h2-3H,4-8H2,1H3;(H,2,3,4,5)/q+1;/p-1. The van der Waals surface area contributed by atoms with Crippen LogP contribution >= 0.6 is 0 Å². The highest BCUT2D eigenvalue weighted by Gasteiger charge is 2.21. The molecule has 0 aromatic heterocycles. The van der Waals surface area contributed by atoms with Crippen molar-refractivity contribution in [3.63, 3.8) is 0 Å². The minimum atomic E-state index is -4.94. The summed E-state index contributed by atoms with van der Waals surface area (Å²) in [6.07, 6.45) is 7.46. The largest absolute Gasteiger partial charge is 0.222 e. The summed E-state index contributed by atoms with van der Waals surface area (Å²) >= 11 is 0. The lowest BCUT2D eigenvalue weighted by Crippen LogP contribution is -2.68. The number of halogens is 1. The zero-order valence-electron chi connectivity index (χ0n) is 8.11. The summed E-state index contributed by atoms with van der Waals surface area (Å²) in [5.41, 5.74) is 0. The molecule has 0 atom stereocenters. The summed E-state index contributed by atoms with van der Waals surface area (Å²) in [6.45, 7) is 2.11. The first-order chi connectivity index (χ1) is 6.43. The molecule has 1 fully saturated rings. The second kappa shape index (κ2) is 7.50. The zero-order valence-corrected chi connectivity index (χ0v) is 9.68. The number of hydrogen-bond acceptors (Lipinski definition) is 4. The molecule has 0 saturated carbocycles. The maximum atomic E-state index is 8.49. The van der Waals surface area contributed by atoms with Crippen molar-refractivity contribution < 1.29 is 28.9 Å². The Kier molecular flexibility index (Phi) is 7.62. The van der Waals surface area contributed by atoms with Crippen LogP contribution < -0.4 is 18.6 Å². The van der Waals surface area contributed by atoms with Crippen LogP contribution in [0.2, 0.25) is 0 Å².